The second-order valence-electron chi connectivity index (χ2n) is 5.94. The van der Waals surface area contributed by atoms with Crippen LogP contribution in [0.5, 0.6) is 5.75 Å². The van der Waals surface area contributed by atoms with Crippen molar-refractivity contribution in [3.63, 3.8) is 0 Å². The number of Topliss-reactive ketones (excluding diaryl/α,β-unsaturated/α-hetero) is 1. The first kappa shape index (κ1) is 19.2. The minimum Gasteiger partial charge on any atom is -0.508 e. The van der Waals surface area contributed by atoms with E-state index in [9.17, 15) is 19.5 Å². The number of ether oxygens (including phenoxy) is 1. The Balaban J connectivity index is 2.20. The van der Waals surface area contributed by atoms with E-state index in [-0.39, 0.29) is 24.0 Å². The number of carbonyl (C=O) groups excluding carboxylic acids is 3. The summed E-state index contributed by atoms with van der Waals surface area (Å²) in [5, 5.41) is 12.3. The quantitative estimate of drug-likeness (QED) is 0.587. The average molecular weight is 355 g/mol. The Morgan fingerprint density at radius 1 is 1.08 bits per heavy atom. The molecule has 0 radical (unpaired) electrons. The summed E-state index contributed by atoms with van der Waals surface area (Å²) in [5.41, 5.74) is 1.65. The zero-order valence-corrected chi connectivity index (χ0v) is 14.7. The minimum absolute atomic E-state index is 0.0107. The average Bonchev–Trinajstić information content (AvgIpc) is 2.64. The molecule has 6 heteroatoms. The first-order valence-electron chi connectivity index (χ1n) is 8.15. The number of ketones is 1. The molecule has 0 heterocycles. The summed E-state index contributed by atoms with van der Waals surface area (Å²) in [6.07, 6.45) is 0.385. The number of amides is 1. The molecule has 1 unspecified atom stereocenters. The lowest BCUT2D eigenvalue weighted by molar-refractivity contribution is -0.119. The second kappa shape index (κ2) is 8.80. The smallest absolute Gasteiger partial charge is 0.337 e. The summed E-state index contributed by atoms with van der Waals surface area (Å²) >= 11 is 0. The molecule has 2 rings (SSSR count). The van der Waals surface area contributed by atoms with Crippen LogP contribution in [0.25, 0.3) is 0 Å². The third-order valence-electron chi connectivity index (χ3n) is 3.96. The van der Waals surface area contributed by atoms with Crippen molar-refractivity contribution in [3.8, 4) is 5.75 Å². The Hall–Kier alpha value is -3.15. The Labute approximate surface area is 151 Å². The maximum atomic E-state index is 12.8. The van der Waals surface area contributed by atoms with Crippen molar-refractivity contribution in [2.24, 2.45) is 5.92 Å². The molecule has 0 fully saturated rings. The molecule has 0 saturated heterocycles. The summed E-state index contributed by atoms with van der Waals surface area (Å²) in [7, 11) is 1.31. The number of aromatic hydroxyl groups is 1. The minimum atomic E-state index is -0.496. The SMILES string of the molecule is COC(=O)c1ccc(CC(CNC(C)=O)C(=O)c2cccc(O)c2)cc1. The number of hydrogen-bond donors (Lipinski definition) is 2. The molecular formula is C20H21NO5. The Bertz CT molecular complexity index is 798. The van der Waals surface area contributed by atoms with Gasteiger partial charge in [-0.2, -0.15) is 0 Å². The van der Waals surface area contributed by atoms with Gasteiger partial charge in [-0.3, -0.25) is 9.59 Å². The number of rotatable bonds is 7. The van der Waals surface area contributed by atoms with Crippen LogP contribution < -0.4 is 5.32 Å². The van der Waals surface area contributed by atoms with Crippen molar-refractivity contribution in [3.05, 3.63) is 65.2 Å². The molecule has 0 aliphatic carbocycles. The first-order valence-corrected chi connectivity index (χ1v) is 8.15. The van der Waals surface area contributed by atoms with E-state index < -0.39 is 11.9 Å². The van der Waals surface area contributed by atoms with E-state index >= 15 is 0 Å². The van der Waals surface area contributed by atoms with Gasteiger partial charge in [0.05, 0.1) is 12.7 Å². The summed E-state index contributed by atoms with van der Waals surface area (Å²) in [6, 6.07) is 12.9. The molecule has 2 aromatic carbocycles. The van der Waals surface area contributed by atoms with Gasteiger partial charge in [0.2, 0.25) is 5.91 Å². The fourth-order valence-electron chi connectivity index (χ4n) is 2.60. The highest BCUT2D eigenvalue weighted by atomic mass is 16.5. The zero-order valence-electron chi connectivity index (χ0n) is 14.7. The lowest BCUT2D eigenvalue weighted by Gasteiger charge is -2.17. The number of carbonyl (C=O) groups is 3. The molecule has 2 aromatic rings. The summed E-state index contributed by atoms with van der Waals surface area (Å²) in [5.74, 6) is -1.31. The van der Waals surface area contributed by atoms with E-state index in [0.717, 1.165) is 5.56 Å². The predicted octanol–water partition coefficient (Wildman–Crippen LogP) is 2.36. The highest BCUT2D eigenvalue weighted by molar-refractivity contribution is 5.98. The maximum absolute atomic E-state index is 12.8. The number of benzene rings is 2. The van der Waals surface area contributed by atoms with Gasteiger partial charge in [-0.05, 0) is 36.2 Å². The molecule has 0 aliphatic heterocycles. The van der Waals surface area contributed by atoms with Crippen LogP contribution in [0.15, 0.2) is 48.5 Å². The molecule has 26 heavy (non-hydrogen) atoms. The van der Waals surface area contributed by atoms with Gasteiger partial charge in [-0.1, -0.05) is 24.3 Å². The van der Waals surface area contributed by atoms with Crippen molar-refractivity contribution in [2.75, 3.05) is 13.7 Å². The van der Waals surface area contributed by atoms with Crippen LogP contribution in [-0.2, 0) is 16.0 Å². The van der Waals surface area contributed by atoms with E-state index in [4.69, 9.17) is 0 Å². The second-order valence-corrected chi connectivity index (χ2v) is 5.94. The van der Waals surface area contributed by atoms with E-state index in [1.54, 1.807) is 36.4 Å². The topological polar surface area (TPSA) is 92.7 Å². The fraction of sp³-hybridized carbons (Fsp3) is 0.250. The standard InChI is InChI=1S/C20H21NO5/c1-13(22)21-12-17(19(24)16-4-3-5-18(23)11-16)10-14-6-8-15(9-7-14)20(25)26-2/h3-9,11,17,23H,10,12H2,1-2H3,(H,21,22). The van der Waals surface area contributed by atoms with E-state index in [1.165, 1.54) is 26.2 Å². The van der Waals surface area contributed by atoms with Crippen LogP contribution in [0.2, 0.25) is 0 Å². The van der Waals surface area contributed by atoms with Crippen molar-refractivity contribution < 1.29 is 24.2 Å². The maximum Gasteiger partial charge on any atom is 0.337 e. The van der Waals surface area contributed by atoms with Gasteiger partial charge in [-0.25, -0.2) is 4.79 Å². The molecule has 2 N–H and O–H groups in total. The lowest BCUT2D eigenvalue weighted by atomic mass is 9.90. The van der Waals surface area contributed by atoms with Crippen LogP contribution >= 0.6 is 0 Å². The van der Waals surface area contributed by atoms with E-state index in [2.05, 4.69) is 10.1 Å². The lowest BCUT2D eigenvalue weighted by Crippen LogP contribution is -2.33. The predicted molar refractivity (Wildman–Crippen MR) is 96.1 cm³/mol. The number of phenols is 1. The highest BCUT2D eigenvalue weighted by Crippen LogP contribution is 2.19. The van der Waals surface area contributed by atoms with Crippen LogP contribution in [-0.4, -0.2) is 36.4 Å². The molecule has 0 spiro atoms. The van der Waals surface area contributed by atoms with Gasteiger partial charge >= 0.3 is 5.97 Å². The molecule has 6 nitrogen and oxygen atoms in total. The van der Waals surface area contributed by atoms with Gasteiger partial charge in [0.25, 0.3) is 0 Å². The number of nitrogens with one attached hydrogen (secondary N) is 1. The van der Waals surface area contributed by atoms with Crippen molar-refractivity contribution in [1.82, 2.24) is 5.32 Å². The third-order valence-corrected chi connectivity index (χ3v) is 3.96. The highest BCUT2D eigenvalue weighted by Gasteiger charge is 2.21. The number of esters is 1. The van der Waals surface area contributed by atoms with Crippen molar-refractivity contribution >= 4 is 17.7 Å². The Morgan fingerprint density at radius 3 is 2.35 bits per heavy atom. The molecule has 0 bridgehead atoms. The van der Waals surface area contributed by atoms with Crippen LogP contribution in [0.1, 0.15) is 33.2 Å². The third kappa shape index (κ3) is 5.17. The zero-order chi connectivity index (χ0) is 19.1. The number of methoxy groups -OCH3 is 1. The monoisotopic (exact) mass is 355 g/mol. The molecule has 136 valence electrons. The van der Waals surface area contributed by atoms with Gasteiger partial charge in [0, 0.05) is 24.9 Å². The number of hydrogen-bond acceptors (Lipinski definition) is 5. The van der Waals surface area contributed by atoms with E-state index in [1.807, 2.05) is 0 Å². The molecule has 0 saturated carbocycles. The van der Waals surface area contributed by atoms with Gasteiger partial charge in [0.1, 0.15) is 5.75 Å². The largest absolute Gasteiger partial charge is 0.508 e. The van der Waals surface area contributed by atoms with Gasteiger partial charge < -0.3 is 15.2 Å². The Morgan fingerprint density at radius 2 is 1.77 bits per heavy atom. The van der Waals surface area contributed by atoms with Crippen LogP contribution in [0.3, 0.4) is 0 Å². The molecule has 1 atom stereocenters. The normalized spacial score (nSPS) is 11.5. The van der Waals surface area contributed by atoms with Crippen molar-refractivity contribution in [1.29, 1.82) is 0 Å². The molecule has 0 aromatic heterocycles. The summed E-state index contributed by atoms with van der Waals surface area (Å²) in [6.45, 7) is 1.57. The Kier molecular flexibility index (Phi) is 6.49. The van der Waals surface area contributed by atoms with Gasteiger partial charge in [-0.15, -0.1) is 0 Å². The molecule has 0 aliphatic rings. The molecule has 1 amide bonds. The van der Waals surface area contributed by atoms with E-state index in [0.29, 0.717) is 17.5 Å². The first-order chi connectivity index (χ1) is 12.4. The summed E-state index contributed by atoms with van der Waals surface area (Å²) < 4.78 is 4.67. The van der Waals surface area contributed by atoms with Crippen LogP contribution in [0.4, 0.5) is 0 Å². The van der Waals surface area contributed by atoms with Gasteiger partial charge in [0.15, 0.2) is 5.78 Å². The van der Waals surface area contributed by atoms with Crippen LogP contribution in [0, 0.1) is 5.92 Å². The molecular weight excluding hydrogens is 334 g/mol. The fourth-order valence-corrected chi connectivity index (χ4v) is 2.60. The van der Waals surface area contributed by atoms with Crippen molar-refractivity contribution in [2.45, 2.75) is 13.3 Å². The summed E-state index contributed by atoms with van der Waals surface area (Å²) in [4.78, 5) is 35.6. The number of phenolic OH excluding ortho intramolecular Hbond substituents is 1.